The van der Waals surface area contributed by atoms with Gasteiger partial charge in [-0.1, -0.05) is 60.6 Å². The lowest BCUT2D eigenvalue weighted by molar-refractivity contribution is -0.141. The highest BCUT2D eigenvalue weighted by molar-refractivity contribution is 7.81. The summed E-state index contributed by atoms with van der Waals surface area (Å²) in [5, 5.41) is 3.72. The first-order valence-corrected chi connectivity index (χ1v) is 16.2. The number of nitrogens with two attached hydrogens (primary N) is 1. The highest BCUT2D eigenvalue weighted by Crippen LogP contribution is 2.25. The van der Waals surface area contributed by atoms with Crippen molar-refractivity contribution < 1.29 is 14.4 Å². The van der Waals surface area contributed by atoms with Gasteiger partial charge in [-0.2, -0.15) is 12.6 Å². The van der Waals surface area contributed by atoms with Gasteiger partial charge in [-0.15, -0.1) is 6.58 Å². The number of nitrogens with zero attached hydrogens (tertiary/aromatic N) is 2. The van der Waals surface area contributed by atoms with E-state index >= 15 is 0 Å². The minimum atomic E-state index is -0.491. The molecule has 40 heavy (non-hydrogen) atoms. The van der Waals surface area contributed by atoms with Crippen LogP contribution in [0.15, 0.2) is 24.4 Å². The van der Waals surface area contributed by atoms with Gasteiger partial charge in [0, 0.05) is 43.4 Å². The van der Waals surface area contributed by atoms with Gasteiger partial charge in [-0.25, -0.2) is 0 Å². The lowest BCUT2D eigenvalue weighted by atomic mass is 10.1. The summed E-state index contributed by atoms with van der Waals surface area (Å²) in [6, 6.07) is -0.803. The van der Waals surface area contributed by atoms with Gasteiger partial charge in [0.1, 0.15) is 6.04 Å². The van der Waals surface area contributed by atoms with Crippen molar-refractivity contribution in [2.45, 2.75) is 137 Å². The van der Waals surface area contributed by atoms with Crippen molar-refractivity contribution in [1.82, 2.24) is 15.1 Å². The van der Waals surface area contributed by atoms with Gasteiger partial charge < -0.3 is 20.9 Å². The third-order valence-corrected chi connectivity index (χ3v) is 6.66. The molecule has 0 aromatic carbocycles. The molecule has 1 unspecified atom stereocenters. The van der Waals surface area contributed by atoms with Crippen molar-refractivity contribution in [2.24, 2.45) is 11.7 Å². The Morgan fingerprint density at radius 3 is 1.88 bits per heavy atom. The molecule has 3 amide bonds. The summed E-state index contributed by atoms with van der Waals surface area (Å²) in [5.41, 5.74) is 6.55. The van der Waals surface area contributed by atoms with Gasteiger partial charge >= 0.3 is 0 Å². The lowest BCUT2D eigenvalue weighted by Gasteiger charge is -2.28. The van der Waals surface area contributed by atoms with E-state index in [9.17, 15) is 14.4 Å². The van der Waals surface area contributed by atoms with Crippen LogP contribution in [0.5, 0.6) is 0 Å². The molecule has 3 aliphatic rings. The molecular formula is C32H62N4O3S. The Balaban J connectivity index is 0. The molecule has 2 saturated heterocycles. The van der Waals surface area contributed by atoms with Gasteiger partial charge in [0.25, 0.3) is 0 Å². The van der Waals surface area contributed by atoms with E-state index in [-0.39, 0.29) is 36.6 Å². The van der Waals surface area contributed by atoms with Crippen LogP contribution in [0.25, 0.3) is 0 Å². The molecule has 2 aliphatic heterocycles. The SMILES string of the molecule is C=CCC(NC(=O)[C@@H]1CCCN1C(=O)CCC(=O)N1CCCCC1)/C(N)=C\C.CC.CC.CC(C)C.SC1CC1. The molecule has 0 aromatic rings. The molecule has 0 bridgehead atoms. The zero-order chi connectivity index (χ0) is 31.1. The van der Waals surface area contributed by atoms with Crippen LogP contribution in [0.1, 0.15) is 120 Å². The van der Waals surface area contributed by atoms with E-state index in [1.54, 1.807) is 17.1 Å². The Labute approximate surface area is 252 Å². The van der Waals surface area contributed by atoms with E-state index in [1.165, 1.54) is 12.8 Å². The molecule has 3 N–H and O–H groups in total. The number of carbonyl (C=O) groups excluding carboxylic acids is 3. The van der Waals surface area contributed by atoms with Crippen LogP contribution in [0.3, 0.4) is 0 Å². The molecule has 7 nitrogen and oxygen atoms in total. The van der Waals surface area contributed by atoms with Crippen LogP contribution in [0, 0.1) is 5.92 Å². The number of allylic oxidation sites excluding steroid dienone is 1. The standard InChI is InChI=1S/C21H34N4O3.C4H10.C3H6S.2C2H6/c1-3-9-17(16(22)4-2)23-21(28)18-10-8-15-25(18)20(27)12-11-19(26)24-13-6-5-7-14-24;1-4(2)3;4-3-1-2-3;2*1-2/h3-4,17-18H,1,5-15,22H2,2H3,(H,23,28);4H,1-3H3;3-4H,1-2H2;2*1-2H3/b16-4+;;;;/t17?,18-;;;;/m0..../s1. The Kier molecular flexibility index (Phi) is 24.9. The van der Waals surface area contributed by atoms with Crippen molar-refractivity contribution in [3.05, 3.63) is 24.4 Å². The first-order chi connectivity index (χ1) is 19.1. The number of likely N-dealkylation sites (tertiary alicyclic amines) is 2. The molecule has 0 aromatic heterocycles. The number of hydrogen-bond donors (Lipinski definition) is 3. The third-order valence-electron chi connectivity index (χ3n) is 6.14. The van der Waals surface area contributed by atoms with Crippen LogP contribution >= 0.6 is 12.6 Å². The summed E-state index contributed by atoms with van der Waals surface area (Å²) in [7, 11) is 0. The highest BCUT2D eigenvalue weighted by Gasteiger charge is 2.35. The number of hydrogen-bond acceptors (Lipinski definition) is 5. The molecule has 8 heteroatoms. The second-order valence-corrected chi connectivity index (χ2v) is 11.3. The number of rotatable bonds is 8. The fourth-order valence-electron chi connectivity index (χ4n) is 3.99. The van der Waals surface area contributed by atoms with Crippen LogP contribution in [-0.4, -0.2) is 64.5 Å². The average molecular weight is 583 g/mol. The number of piperidine rings is 1. The monoisotopic (exact) mass is 582 g/mol. The maximum Gasteiger partial charge on any atom is 0.243 e. The second-order valence-electron chi connectivity index (χ2n) is 10.5. The largest absolute Gasteiger partial charge is 0.401 e. The Bertz CT molecular complexity index is 729. The fraction of sp³-hybridized carbons (Fsp3) is 0.781. The van der Waals surface area contributed by atoms with Crippen LogP contribution in [0.4, 0.5) is 0 Å². The van der Waals surface area contributed by atoms with Crippen LogP contribution in [0.2, 0.25) is 0 Å². The molecular weight excluding hydrogens is 520 g/mol. The molecule has 3 fully saturated rings. The van der Waals surface area contributed by atoms with Crippen molar-refractivity contribution >= 4 is 30.4 Å². The molecule has 0 spiro atoms. The number of nitrogens with one attached hydrogen (secondary N) is 1. The van der Waals surface area contributed by atoms with Crippen molar-refractivity contribution in [3.63, 3.8) is 0 Å². The third kappa shape index (κ3) is 18.4. The molecule has 0 radical (unpaired) electrons. The second kappa shape index (κ2) is 24.8. The zero-order valence-electron chi connectivity index (χ0n) is 27.0. The summed E-state index contributed by atoms with van der Waals surface area (Å²) in [5.74, 6) is 0.562. The van der Waals surface area contributed by atoms with E-state index in [1.807, 2.05) is 39.5 Å². The Hall–Kier alpha value is -1.96. The maximum atomic E-state index is 12.8. The minimum Gasteiger partial charge on any atom is -0.401 e. The molecule has 234 valence electrons. The van der Waals surface area contributed by atoms with E-state index in [4.69, 9.17) is 5.73 Å². The van der Waals surface area contributed by atoms with Crippen molar-refractivity contribution in [3.8, 4) is 0 Å². The molecule has 1 saturated carbocycles. The lowest BCUT2D eigenvalue weighted by Crippen LogP contribution is -2.50. The predicted molar refractivity (Wildman–Crippen MR) is 174 cm³/mol. The highest BCUT2D eigenvalue weighted by atomic mass is 32.1. The van der Waals surface area contributed by atoms with Gasteiger partial charge in [-0.05, 0) is 64.2 Å². The van der Waals surface area contributed by atoms with Crippen LogP contribution in [-0.2, 0) is 14.4 Å². The number of carbonyl (C=O) groups is 3. The summed E-state index contributed by atoms with van der Waals surface area (Å²) in [4.78, 5) is 41.2. The summed E-state index contributed by atoms with van der Waals surface area (Å²) in [6.45, 7) is 22.2. The number of thiol groups is 1. The van der Waals surface area contributed by atoms with Gasteiger partial charge in [0.15, 0.2) is 0 Å². The van der Waals surface area contributed by atoms with Gasteiger partial charge in [0.05, 0.1) is 6.04 Å². The first kappa shape index (κ1) is 40.2. The normalized spacial score (nSPS) is 18.8. The summed E-state index contributed by atoms with van der Waals surface area (Å²) in [6.07, 6.45) is 11.7. The predicted octanol–water partition coefficient (Wildman–Crippen LogP) is 6.49. The smallest absolute Gasteiger partial charge is 0.243 e. The Morgan fingerprint density at radius 2 is 1.43 bits per heavy atom. The van der Waals surface area contributed by atoms with E-state index in [2.05, 4.69) is 45.3 Å². The van der Waals surface area contributed by atoms with Gasteiger partial charge in [0.2, 0.25) is 17.7 Å². The summed E-state index contributed by atoms with van der Waals surface area (Å²) < 4.78 is 0. The average Bonchev–Trinajstić information content (AvgIpc) is 3.58. The topological polar surface area (TPSA) is 95.7 Å². The minimum absolute atomic E-state index is 0.0418. The van der Waals surface area contributed by atoms with Crippen molar-refractivity contribution in [2.75, 3.05) is 19.6 Å². The Morgan fingerprint density at radius 1 is 0.925 bits per heavy atom. The molecule has 2 heterocycles. The zero-order valence-corrected chi connectivity index (χ0v) is 27.9. The maximum absolute atomic E-state index is 12.8. The number of amides is 3. The fourth-order valence-corrected chi connectivity index (χ4v) is 4.13. The quantitative estimate of drug-likeness (QED) is 0.225. The molecule has 1 aliphatic carbocycles. The van der Waals surface area contributed by atoms with Crippen LogP contribution < -0.4 is 11.1 Å². The van der Waals surface area contributed by atoms with E-state index in [0.717, 1.165) is 49.9 Å². The van der Waals surface area contributed by atoms with E-state index in [0.29, 0.717) is 25.1 Å². The van der Waals surface area contributed by atoms with E-state index < -0.39 is 6.04 Å². The first-order valence-electron chi connectivity index (χ1n) is 15.7. The summed E-state index contributed by atoms with van der Waals surface area (Å²) >= 11 is 4.08. The molecule has 2 atom stereocenters. The van der Waals surface area contributed by atoms with Crippen molar-refractivity contribution in [1.29, 1.82) is 0 Å². The molecule has 3 rings (SSSR count). The van der Waals surface area contributed by atoms with Gasteiger partial charge in [-0.3, -0.25) is 14.4 Å².